The van der Waals surface area contributed by atoms with Crippen molar-refractivity contribution in [1.29, 1.82) is 0 Å². The molecule has 0 bridgehead atoms. The summed E-state index contributed by atoms with van der Waals surface area (Å²) < 4.78 is 46.1. The largest absolute Gasteiger partial charge is 0.483 e. The molecule has 140 valence electrons. The van der Waals surface area contributed by atoms with Crippen molar-refractivity contribution < 1.29 is 22.7 Å². The smallest absolute Gasteiger partial charge is 0.419 e. The first-order chi connectivity index (χ1) is 12.4. The van der Waals surface area contributed by atoms with Crippen molar-refractivity contribution in [2.24, 2.45) is 7.05 Å². The Hall–Kier alpha value is -2.55. The summed E-state index contributed by atoms with van der Waals surface area (Å²) in [6.45, 7) is 1.09. The summed E-state index contributed by atoms with van der Waals surface area (Å²) in [5, 5.41) is 3.20. The second kappa shape index (κ2) is 7.36. The summed E-state index contributed by atoms with van der Waals surface area (Å²) in [5.74, 6) is -0.0188. The van der Waals surface area contributed by atoms with Crippen LogP contribution in [0.2, 0.25) is 0 Å². The van der Waals surface area contributed by atoms with Crippen molar-refractivity contribution in [3.05, 3.63) is 48.0 Å². The summed E-state index contributed by atoms with van der Waals surface area (Å²) >= 11 is 0. The molecule has 1 atom stereocenters. The number of halogens is 3. The molecule has 1 aromatic carbocycles. The van der Waals surface area contributed by atoms with E-state index in [-0.39, 0.29) is 17.7 Å². The number of carbonyl (C=O) groups is 1. The maximum atomic E-state index is 13.0. The monoisotopic (exact) mass is 368 g/mol. The Labute approximate surface area is 148 Å². The van der Waals surface area contributed by atoms with Crippen LogP contribution in [0.4, 0.5) is 13.2 Å². The maximum absolute atomic E-state index is 13.0. The number of nitrogens with zero attached hydrogens (tertiary/aromatic N) is 3. The molecule has 0 aliphatic carbocycles. The molecule has 1 aliphatic rings. The van der Waals surface area contributed by atoms with E-state index in [2.05, 4.69) is 10.3 Å². The second-order valence-corrected chi connectivity index (χ2v) is 5.99. The number of hydrogen-bond donors (Lipinski definition) is 1. The van der Waals surface area contributed by atoms with Gasteiger partial charge < -0.3 is 19.5 Å². The van der Waals surface area contributed by atoms with Crippen molar-refractivity contribution in [2.75, 3.05) is 26.2 Å². The number of ether oxygens (including phenoxy) is 1. The molecule has 1 aliphatic heterocycles. The van der Waals surface area contributed by atoms with Crippen molar-refractivity contribution in [3.8, 4) is 5.75 Å². The van der Waals surface area contributed by atoms with Crippen LogP contribution >= 0.6 is 0 Å². The van der Waals surface area contributed by atoms with Gasteiger partial charge in [-0.3, -0.25) is 4.79 Å². The third-order valence-corrected chi connectivity index (χ3v) is 4.26. The average molecular weight is 368 g/mol. The molecule has 1 fully saturated rings. The predicted octanol–water partition coefficient (Wildman–Crippen LogP) is 1.99. The molecule has 26 heavy (non-hydrogen) atoms. The number of benzene rings is 1. The fourth-order valence-electron chi connectivity index (χ4n) is 2.98. The highest BCUT2D eigenvalue weighted by atomic mass is 19.4. The van der Waals surface area contributed by atoms with E-state index in [1.165, 1.54) is 18.2 Å². The number of nitrogens with one attached hydrogen (secondary N) is 1. The molecule has 1 unspecified atom stereocenters. The van der Waals surface area contributed by atoms with Crippen LogP contribution in [0.5, 0.6) is 5.75 Å². The maximum Gasteiger partial charge on any atom is 0.419 e. The molecule has 2 heterocycles. The van der Waals surface area contributed by atoms with E-state index in [1.807, 2.05) is 11.6 Å². The van der Waals surface area contributed by atoms with Crippen LogP contribution in [0, 0.1) is 0 Å². The first kappa shape index (κ1) is 18.2. The molecule has 1 aromatic heterocycles. The lowest BCUT2D eigenvalue weighted by atomic mass is 10.1. The lowest BCUT2D eigenvalue weighted by molar-refractivity contribution is -0.142. The molecule has 9 heteroatoms. The number of para-hydroxylation sites is 1. The second-order valence-electron chi connectivity index (χ2n) is 5.99. The highest BCUT2D eigenvalue weighted by Gasteiger charge is 2.35. The highest BCUT2D eigenvalue weighted by molar-refractivity contribution is 5.78. The number of aromatic nitrogens is 2. The van der Waals surface area contributed by atoms with Gasteiger partial charge in [-0.25, -0.2) is 4.98 Å². The van der Waals surface area contributed by atoms with Crippen LogP contribution in [0.25, 0.3) is 0 Å². The Kier molecular flexibility index (Phi) is 5.17. The van der Waals surface area contributed by atoms with Gasteiger partial charge in [0.05, 0.1) is 5.56 Å². The Morgan fingerprint density at radius 2 is 2.15 bits per heavy atom. The molecule has 1 N–H and O–H groups in total. The van der Waals surface area contributed by atoms with Gasteiger partial charge in [-0.1, -0.05) is 12.1 Å². The Bertz CT molecular complexity index is 775. The van der Waals surface area contributed by atoms with Gasteiger partial charge in [0, 0.05) is 39.1 Å². The number of rotatable bonds is 4. The molecule has 0 spiro atoms. The molecular weight excluding hydrogens is 349 g/mol. The highest BCUT2D eigenvalue weighted by Crippen LogP contribution is 2.36. The molecule has 2 aromatic rings. The molecule has 3 rings (SSSR count). The minimum absolute atomic E-state index is 0.294. The SMILES string of the molecule is Cn1ccnc1C1CNCCN1C(=O)COc1ccccc1C(F)(F)F. The van der Waals surface area contributed by atoms with E-state index in [4.69, 9.17) is 4.74 Å². The molecule has 6 nitrogen and oxygen atoms in total. The zero-order valence-corrected chi connectivity index (χ0v) is 14.2. The van der Waals surface area contributed by atoms with Crippen LogP contribution in [-0.2, 0) is 18.0 Å². The molecule has 1 saturated heterocycles. The Morgan fingerprint density at radius 3 is 2.85 bits per heavy atom. The van der Waals surface area contributed by atoms with Crippen molar-refractivity contribution >= 4 is 5.91 Å². The van der Waals surface area contributed by atoms with E-state index >= 15 is 0 Å². The number of aryl methyl sites for hydroxylation is 1. The first-order valence-corrected chi connectivity index (χ1v) is 8.14. The van der Waals surface area contributed by atoms with Crippen molar-refractivity contribution in [3.63, 3.8) is 0 Å². The number of piperazine rings is 1. The number of amides is 1. The van der Waals surface area contributed by atoms with Gasteiger partial charge in [-0.05, 0) is 12.1 Å². The molecule has 0 radical (unpaired) electrons. The first-order valence-electron chi connectivity index (χ1n) is 8.14. The summed E-state index contributed by atoms with van der Waals surface area (Å²) in [7, 11) is 1.83. The Balaban J connectivity index is 1.73. The van der Waals surface area contributed by atoms with E-state index in [0.717, 1.165) is 6.07 Å². The molecule has 1 amide bonds. The molecule has 0 saturated carbocycles. The fourth-order valence-corrected chi connectivity index (χ4v) is 2.98. The van der Waals surface area contributed by atoms with Crippen LogP contribution in [0.1, 0.15) is 17.4 Å². The minimum Gasteiger partial charge on any atom is -0.483 e. The van der Waals surface area contributed by atoms with E-state index < -0.39 is 18.3 Å². The lowest BCUT2D eigenvalue weighted by Crippen LogP contribution is -2.50. The van der Waals surface area contributed by atoms with Gasteiger partial charge in [0.1, 0.15) is 17.6 Å². The van der Waals surface area contributed by atoms with Gasteiger partial charge in [0.2, 0.25) is 0 Å². The number of carbonyl (C=O) groups excluding carboxylic acids is 1. The molecular formula is C17H19F3N4O2. The van der Waals surface area contributed by atoms with Gasteiger partial charge in [-0.15, -0.1) is 0 Å². The summed E-state index contributed by atoms with van der Waals surface area (Å²) in [6, 6.07) is 4.57. The van der Waals surface area contributed by atoms with Crippen LogP contribution < -0.4 is 10.1 Å². The van der Waals surface area contributed by atoms with Crippen LogP contribution in [0.3, 0.4) is 0 Å². The van der Waals surface area contributed by atoms with Gasteiger partial charge in [-0.2, -0.15) is 13.2 Å². The van der Waals surface area contributed by atoms with E-state index in [1.54, 1.807) is 17.3 Å². The zero-order chi connectivity index (χ0) is 18.7. The predicted molar refractivity (Wildman–Crippen MR) is 87.5 cm³/mol. The van der Waals surface area contributed by atoms with Crippen molar-refractivity contribution in [1.82, 2.24) is 19.8 Å². The standard InChI is InChI=1S/C17H19F3N4O2/c1-23-8-7-22-16(23)13-10-21-6-9-24(13)15(25)11-26-14-5-3-2-4-12(14)17(18,19)20/h2-5,7-8,13,21H,6,9-11H2,1H3. The van der Waals surface area contributed by atoms with Gasteiger partial charge in [0.15, 0.2) is 6.61 Å². The summed E-state index contributed by atoms with van der Waals surface area (Å²) in [6.07, 6.45) is -1.12. The quantitative estimate of drug-likeness (QED) is 0.897. The van der Waals surface area contributed by atoms with E-state index in [0.29, 0.717) is 25.5 Å². The van der Waals surface area contributed by atoms with Crippen molar-refractivity contribution in [2.45, 2.75) is 12.2 Å². The average Bonchev–Trinajstić information content (AvgIpc) is 3.05. The lowest BCUT2D eigenvalue weighted by Gasteiger charge is -2.35. The topological polar surface area (TPSA) is 59.4 Å². The third kappa shape index (κ3) is 3.82. The minimum atomic E-state index is -4.54. The summed E-state index contributed by atoms with van der Waals surface area (Å²) in [4.78, 5) is 18.5. The number of hydrogen-bond acceptors (Lipinski definition) is 4. The zero-order valence-electron chi connectivity index (χ0n) is 14.2. The number of alkyl halides is 3. The Morgan fingerprint density at radius 1 is 1.38 bits per heavy atom. The van der Waals surface area contributed by atoms with Gasteiger partial charge in [0.25, 0.3) is 5.91 Å². The fraction of sp³-hybridized carbons (Fsp3) is 0.412. The van der Waals surface area contributed by atoms with Crippen LogP contribution in [0.15, 0.2) is 36.7 Å². The summed E-state index contributed by atoms with van der Waals surface area (Å²) in [5.41, 5.74) is -0.895. The third-order valence-electron chi connectivity index (χ3n) is 4.26. The van der Waals surface area contributed by atoms with Gasteiger partial charge >= 0.3 is 6.18 Å². The normalized spacial score (nSPS) is 18.0. The van der Waals surface area contributed by atoms with Crippen LogP contribution in [-0.4, -0.2) is 46.6 Å². The number of imidazole rings is 1. The van der Waals surface area contributed by atoms with E-state index in [9.17, 15) is 18.0 Å².